The van der Waals surface area contributed by atoms with Crippen molar-refractivity contribution in [1.29, 1.82) is 0 Å². The van der Waals surface area contributed by atoms with Crippen LogP contribution < -0.4 is 0 Å². The van der Waals surface area contributed by atoms with Crippen LogP contribution in [0, 0.1) is 23.5 Å². The van der Waals surface area contributed by atoms with E-state index in [0.29, 0.717) is 29.0 Å². The zero-order valence-electron chi connectivity index (χ0n) is 16.2. The highest BCUT2D eigenvalue weighted by Crippen LogP contribution is 2.28. The van der Waals surface area contributed by atoms with E-state index in [9.17, 15) is 8.78 Å². The predicted molar refractivity (Wildman–Crippen MR) is 110 cm³/mol. The van der Waals surface area contributed by atoms with Gasteiger partial charge in [0.1, 0.15) is 0 Å². The van der Waals surface area contributed by atoms with E-state index in [2.05, 4.69) is 31.2 Å². The molecule has 0 radical (unpaired) electrons. The van der Waals surface area contributed by atoms with Crippen LogP contribution >= 0.6 is 0 Å². The average Bonchev–Trinajstić information content (AvgIpc) is 2.71. The molecule has 0 aliphatic heterocycles. The molecule has 2 heteroatoms. The predicted octanol–water partition coefficient (Wildman–Crippen LogP) is 7.59. The molecular weight excluding hydrogens is 338 g/mol. The summed E-state index contributed by atoms with van der Waals surface area (Å²) in [6, 6.07) is 11.0. The van der Waals surface area contributed by atoms with E-state index in [1.165, 1.54) is 19.3 Å². The van der Waals surface area contributed by atoms with Gasteiger partial charge in [-0.1, -0.05) is 81.0 Å². The lowest BCUT2D eigenvalue weighted by molar-refractivity contribution is 0.488. The van der Waals surface area contributed by atoms with Crippen molar-refractivity contribution in [1.82, 2.24) is 0 Å². The minimum absolute atomic E-state index is 0.323. The molecule has 2 aromatic carbocycles. The van der Waals surface area contributed by atoms with Gasteiger partial charge in [-0.05, 0) is 54.2 Å². The van der Waals surface area contributed by atoms with Crippen molar-refractivity contribution in [2.75, 3.05) is 0 Å². The highest BCUT2D eigenvalue weighted by molar-refractivity contribution is 5.67. The maximum absolute atomic E-state index is 14.4. The minimum atomic E-state index is -0.748. The van der Waals surface area contributed by atoms with Crippen LogP contribution in [0.3, 0.4) is 0 Å². The van der Waals surface area contributed by atoms with Crippen LogP contribution in [0.4, 0.5) is 8.78 Å². The standard InChI is InChI=1S/C25H28F2/c1-3-5-22-16-17-23(25(27)24(22)26)21-14-12-20(13-15-21)11-10-19-8-6-18(4-2)7-9-19/h6,8,10-19H,3-5,7,9H2,1-2H3/b11-10+. The fourth-order valence-corrected chi connectivity index (χ4v) is 3.68. The summed E-state index contributed by atoms with van der Waals surface area (Å²) in [4.78, 5) is 0. The van der Waals surface area contributed by atoms with Gasteiger partial charge < -0.3 is 0 Å². The largest absolute Gasteiger partial charge is 0.203 e. The molecule has 0 saturated heterocycles. The minimum Gasteiger partial charge on any atom is -0.203 e. The highest BCUT2D eigenvalue weighted by atomic mass is 19.2. The second kappa shape index (κ2) is 9.12. The van der Waals surface area contributed by atoms with Crippen LogP contribution in [0.25, 0.3) is 17.2 Å². The van der Waals surface area contributed by atoms with Crippen molar-refractivity contribution in [2.24, 2.45) is 11.8 Å². The van der Waals surface area contributed by atoms with E-state index in [0.717, 1.165) is 17.9 Å². The van der Waals surface area contributed by atoms with Gasteiger partial charge in [-0.15, -0.1) is 0 Å². The van der Waals surface area contributed by atoms with Crippen LogP contribution in [0.5, 0.6) is 0 Å². The summed E-state index contributed by atoms with van der Waals surface area (Å²) in [5.41, 5.74) is 2.55. The Balaban J connectivity index is 1.72. The zero-order chi connectivity index (χ0) is 19.2. The zero-order valence-corrected chi connectivity index (χ0v) is 16.2. The van der Waals surface area contributed by atoms with Crippen molar-refractivity contribution in [3.8, 4) is 11.1 Å². The van der Waals surface area contributed by atoms with E-state index in [1.807, 2.05) is 31.2 Å². The average molecular weight is 366 g/mol. The number of hydrogen-bond acceptors (Lipinski definition) is 0. The van der Waals surface area contributed by atoms with Gasteiger partial charge in [-0.25, -0.2) is 8.78 Å². The summed E-state index contributed by atoms with van der Waals surface area (Å²) in [6.45, 7) is 4.20. The first kappa shape index (κ1) is 19.5. The molecule has 2 unspecified atom stereocenters. The molecule has 0 fully saturated rings. The SMILES string of the molecule is CCCc1ccc(-c2ccc(/C=C/C3C=CC(CC)CC3)cc2)c(F)c1F. The molecule has 0 N–H and O–H groups in total. The molecule has 142 valence electrons. The Kier molecular flexibility index (Phi) is 6.60. The summed E-state index contributed by atoms with van der Waals surface area (Å²) in [6.07, 6.45) is 14.0. The lowest BCUT2D eigenvalue weighted by atomic mass is 9.87. The Morgan fingerprint density at radius 2 is 1.70 bits per heavy atom. The van der Waals surface area contributed by atoms with Crippen molar-refractivity contribution >= 4 is 6.08 Å². The number of hydrogen-bond donors (Lipinski definition) is 0. The first-order valence-electron chi connectivity index (χ1n) is 10.1. The second-order valence-electron chi connectivity index (χ2n) is 7.43. The number of benzene rings is 2. The number of aryl methyl sites for hydroxylation is 1. The molecule has 0 nitrogen and oxygen atoms in total. The molecule has 0 spiro atoms. The normalized spacial score (nSPS) is 19.7. The Hall–Kier alpha value is -2.22. The van der Waals surface area contributed by atoms with Crippen molar-refractivity contribution in [3.05, 3.63) is 77.4 Å². The molecule has 0 saturated carbocycles. The molecular formula is C25H28F2. The van der Waals surface area contributed by atoms with Crippen molar-refractivity contribution in [3.63, 3.8) is 0 Å². The Labute approximate surface area is 161 Å². The van der Waals surface area contributed by atoms with Gasteiger partial charge in [0.25, 0.3) is 0 Å². The smallest absolute Gasteiger partial charge is 0.166 e. The monoisotopic (exact) mass is 366 g/mol. The van der Waals surface area contributed by atoms with Gasteiger partial charge in [0.05, 0.1) is 0 Å². The first-order chi connectivity index (χ1) is 13.1. The molecule has 0 heterocycles. The van der Waals surface area contributed by atoms with E-state index in [1.54, 1.807) is 12.1 Å². The molecule has 0 bridgehead atoms. The van der Waals surface area contributed by atoms with Crippen LogP contribution in [-0.2, 0) is 6.42 Å². The summed E-state index contributed by atoms with van der Waals surface area (Å²) < 4.78 is 28.6. The maximum atomic E-state index is 14.4. The van der Waals surface area contributed by atoms with Crippen LogP contribution in [0.1, 0.15) is 50.7 Å². The van der Waals surface area contributed by atoms with Gasteiger partial charge in [0.15, 0.2) is 11.6 Å². The van der Waals surface area contributed by atoms with Crippen LogP contribution in [0.2, 0.25) is 0 Å². The fourth-order valence-electron chi connectivity index (χ4n) is 3.68. The molecule has 2 atom stereocenters. The molecule has 1 aliphatic carbocycles. The van der Waals surface area contributed by atoms with Crippen LogP contribution in [-0.4, -0.2) is 0 Å². The lowest BCUT2D eigenvalue weighted by Crippen LogP contribution is -2.05. The van der Waals surface area contributed by atoms with E-state index in [-0.39, 0.29) is 0 Å². The molecule has 3 rings (SSSR count). The summed E-state index contributed by atoms with van der Waals surface area (Å²) in [5, 5.41) is 0. The molecule has 0 amide bonds. The molecule has 2 aromatic rings. The van der Waals surface area contributed by atoms with E-state index < -0.39 is 11.6 Å². The van der Waals surface area contributed by atoms with Crippen LogP contribution in [0.15, 0.2) is 54.6 Å². The van der Waals surface area contributed by atoms with E-state index in [4.69, 9.17) is 0 Å². The Morgan fingerprint density at radius 1 is 0.926 bits per heavy atom. The molecule has 1 aliphatic rings. The number of allylic oxidation sites excluding steroid dienone is 3. The maximum Gasteiger partial charge on any atom is 0.166 e. The first-order valence-corrected chi connectivity index (χ1v) is 10.1. The Morgan fingerprint density at radius 3 is 2.33 bits per heavy atom. The Bertz CT molecular complexity index is 815. The van der Waals surface area contributed by atoms with Gasteiger partial charge in [0, 0.05) is 5.56 Å². The lowest BCUT2D eigenvalue weighted by Gasteiger charge is -2.19. The van der Waals surface area contributed by atoms with E-state index >= 15 is 0 Å². The summed E-state index contributed by atoms with van der Waals surface area (Å²) in [7, 11) is 0. The summed E-state index contributed by atoms with van der Waals surface area (Å²) >= 11 is 0. The third-order valence-electron chi connectivity index (χ3n) is 5.46. The molecule has 27 heavy (non-hydrogen) atoms. The van der Waals surface area contributed by atoms with Gasteiger partial charge in [0.2, 0.25) is 0 Å². The molecule has 0 aromatic heterocycles. The quantitative estimate of drug-likeness (QED) is 0.462. The fraction of sp³-hybridized carbons (Fsp3) is 0.360. The van der Waals surface area contributed by atoms with Gasteiger partial charge in [-0.3, -0.25) is 0 Å². The van der Waals surface area contributed by atoms with Crippen molar-refractivity contribution in [2.45, 2.75) is 46.0 Å². The highest BCUT2D eigenvalue weighted by Gasteiger charge is 2.14. The number of rotatable bonds is 6. The third kappa shape index (κ3) is 4.74. The topological polar surface area (TPSA) is 0 Å². The second-order valence-corrected chi connectivity index (χ2v) is 7.43. The summed E-state index contributed by atoms with van der Waals surface area (Å²) in [5.74, 6) is -0.243. The van der Waals surface area contributed by atoms with Crippen molar-refractivity contribution < 1.29 is 8.78 Å². The number of halogens is 2. The van der Waals surface area contributed by atoms with Gasteiger partial charge in [-0.2, -0.15) is 0 Å². The van der Waals surface area contributed by atoms with Gasteiger partial charge >= 0.3 is 0 Å². The third-order valence-corrected chi connectivity index (χ3v) is 5.46.